The fraction of sp³-hybridized carbons (Fsp3) is 0.0444. The molecule has 3 nitrogen and oxygen atoms in total. The average molecular weight is 615 g/mol. The van der Waals surface area contributed by atoms with E-state index in [1.807, 2.05) is 18.2 Å². The normalized spacial score (nSPS) is 13.0. The van der Waals surface area contributed by atoms with Gasteiger partial charge in [0.05, 0.1) is 23.0 Å². The van der Waals surface area contributed by atoms with Gasteiger partial charge in [-0.05, 0) is 94.7 Å². The van der Waals surface area contributed by atoms with Gasteiger partial charge in [-0.1, -0.05) is 109 Å². The molecule has 0 bridgehead atoms. The van der Waals surface area contributed by atoms with Crippen LogP contribution in [0.3, 0.4) is 0 Å². The SMILES string of the molecule is [C-]#[N+]c1ccc2c(c1)c1cc(-c3ccc4c(c3)C(c3ccccc3)(c3ccccc3)c3ccccc3O4)ccc1n2-c1cccc(C)c1. The summed E-state index contributed by atoms with van der Waals surface area (Å²) in [5.74, 6) is 1.72. The summed E-state index contributed by atoms with van der Waals surface area (Å²) in [6.45, 7) is 9.85. The summed E-state index contributed by atoms with van der Waals surface area (Å²) >= 11 is 0. The van der Waals surface area contributed by atoms with E-state index >= 15 is 0 Å². The Kier molecular flexibility index (Phi) is 6.32. The van der Waals surface area contributed by atoms with Crippen LogP contribution in [0.1, 0.15) is 27.8 Å². The van der Waals surface area contributed by atoms with Crippen molar-refractivity contribution >= 4 is 27.5 Å². The lowest BCUT2D eigenvalue weighted by atomic mass is 9.63. The molecule has 0 saturated heterocycles. The molecule has 0 unspecified atom stereocenters. The van der Waals surface area contributed by atoms with Gasteiger partial charge in [-0.2, -0.15) is 0 Å². The van der Waals surface area contributed by atoms with Crippen LogP contribution in [0.25, 0.3) is 43.5 Å². The van der Waals surface area contributed by atoms with Crippen LogP contribution < -0.4 is 4.74 Å². The molecule has 0 aliphatic carbocycles. The quantitative estimate of drug-likeness (QED) is 0.180. The lowest BCUT2D eigenvalue weighted by molar-refractivity contribution is 0.434. The summed E-state index contributed by atoms with van der Waals surface area (Å²) in [6, 6.07) is 57.9. The summed E-state index contributed by atoms with van der Waals surface area (Å²) in [5.41, 5.74) is 11.4. The highest BCUT2D eigenvalue weighted by Crippen LogP contribution is 2.56. The smallest absolute Gasteiger partial charge is 0.188 e. The topological polar surface area (TPSA) is 18.5 Å². The fourth-order valence-corrected chi connectivity index (χ4v) is 7.69. The third kappa shape index (κ3) is 4.13. The van der Waals surface area contributed by atoms with Crippen LogP contribution >= 0.6 is 0 Å². The second kappa shape index (κ2) is 10.9. The number of aryl methyl sites for hydroxylation is 1. The Morgan fingerprint density at radius 2 is 1.17 bits per heavy atom. The molecule has 0 saturated carbocycles. The summed E-state index contributed by atoms with van der Waals surface area (Å²) in [6.07, 6.45) is 0. The van der Waals surface area contributed by atoms with Crippen LogP contribution in [0.4, 0.5) is 5.69 Å². The molecule has 8 aromatic rings. The number of aromatic nitrogens is 1. The number of ether oxygens (including phenoxy) is 1. The number of hydrogen-bond donors (Lipinski definition) is 0. The summed E-state index contributed by atoms with van der Waals surface area (Å²) < 4.78 is 8.96. The van der Waals surface area contributed by atoms with Crippen molar-refractivity contribution in [2.75, 3.05) is 0 Å². The van der Waals surface area contributed by atoms with E-state index < -0.39 is 5.41 Å². The molecule has 1 aliphatic rings. The first-order chi connectivity index (χ1) is 23.6. The van der Waals surface area contributed by atoms with Gasteiger partial charge in [-0.15, -0.1) is 0 Å². The molecule has 3 heteroatoms. The molecule has 0 spiro atoms. The minimum Gasteiger partial charge on any atom is -0.457 e. The predicted molar refractivity (Wildman–Crippen MR) is 196 cm³/mol. The Labute approximate surface area is 279 Å². The molecule has 48 heavy (non-hydrogen) atoms. The number of fused-ring (bicyclic) bond motifs is 5. The summed E-state index contributed by atoms with van der Waals surface area (Å²) in [4.78, 5) is 3.77. The van der Waals surface area contributed by atoms with Crippen molar-refractivity contribution in [2.24, 2.45) is 0 Å². The zero-order chi connectivity index (χ0) is 32.2. The van der Waals surface area contributed by atoms with E-state index in [0.717, 1.165) is 61.2 Å². The van der Waals surface area contributed by atoms with Gasteiger partial charge in [0, 0.05) is 22.2 Å². The van der Waals surface area contributed by atoms with Crippen LogP contribution in [-0.4, -0.2) is 4.57 Å². The first kappa shape index (κ1) is 27.9. The third-order valence-corrected chi connectivity index (χ3v) is 9.78. The van der Waals surface area contributed by atoms with Crippen molar-refractivity contribution in [3.8, 4) is 28.3 Å². The summed E-state index contributed by atoms with van der Waals surface area (Å²) in [7, 11) is 0. The van der Waals surface area contributed by atoms with E-state index in [0.29, 0.717) is 5.69 Å². The number of benzene rings is 7. The van der Waals surface area contributed by atoms with E-state index in [4.69, 9.17) is 11.3 Å². The minimum absolute atomic E-state index is 0.585. The molecule has 2 heterocycles. The molecule has 9 rings (SSSR count). The molecule has 0 amide bonds. The molecular weight excluding hydrogens is 585 g/mol. The Morgan fingerprint density at radius 3 is 1.90 bits per heavy atom. The average Bonchev–Trinajstić information content (AvgIpc) is 3.47. The van der Waals surface area contributed by atoms with E-state index in [1.54, 1.807) is 0 Å². The van der Waals surface area contributed by atoms with Gasteiger partial charge < -0.3 is 9.30 Å². The maximum absolute atomic E-state index is 7.73. The number of para-hydroxylation sites is 1. The number of hydrogen-bond acceptors (Lipinski definition) is 1. The van der Waals surface area contributed by atoms with Gasteiger partial charge in [0.1, 0.15) is 11.5 Å². The van der Waals surface area contributed by atoms with Crippen LogP contribution in [0.15, 0.2) is 164 Å². The molecule has 1 aliphatic heterocycles. The minimum atomic E-state index is -0.585. The standard InChI is InChI=1S/C45H30N2O/c1-30-12-11-17-36(26-30)47-41-23-20-31(27-37(41)38-29-35(46-2)22-24-42(38)47)32-21-25-44-40(28-32)45(33-13-5-3-6-14-33,34-15-7-4-8-16-34)39-18-9-10-19-43(39)48-44/h3-29H,1H3. The van der Waals surface area contributed by atoms with Crippen LogP contribution in [0.5, 0.6) is 11.5 Å². The highest BCUT2D eigenvalue weighted by Gasteiger charge is 2.45. The molecule has 0 radical (unpaired) electrons. The molecule has 0 atom stereocenters. The van der Waals surface area contributed by atoms with E-state index in [-0.39, 0.29) is 0 Å². The van der Waals surface area contributed by atoms with Crippen molar-refractivity contribution in [3.05, 3.63) is 203 Å². The van der Waals surface area contributed by atoms with Crippen LogP contribution in [0, 0.1) is 13.5 Å². The van der Waals surface area contributed by atoms with Crippen LogP contribution in [-0.2, 0) is 5.41 Å². The van der Waals surface area contributed by atoms with E-state index in [2.05, 4.69) is 162 Å². The second-order valence-electron chi connectivity index (χ2n) is 12.5. The lowest BCUT2D eigenvalue weighted by Crippen LogP contribution is -2.34. The third-order valence-electron chi connectivity index (χ3n) is 9.78. The predicted octanol–water partition coefficient (Wildman–Crippen LogP) is 11.8. The largest absolute Gasteiger partial charge is 0.457 e. The monoisotopic (exact) mass is 614 g/mol. The molecule has 0 fully saturated rings. The zero-order valence-corrected chi connectivity index (χ0v) is 26.4. The second-order valence-corrected chi connectivity index (χ2v) is 12.5. The highest BCUT2D eigenvalue weighted by molar-refractivity contribution is 6.11. The maximum atomic E-state index is 7.73. The van der Waals surface area contributed by atoms with Gasteiger partial charge >= 0.3 is 0 Å². The Hall–Kier alpha value is -6.37. The number of rotatable bonds is 4. The van der Waals surface area contributed by atoms with Gasteiger partial charge in [0.2, 0.25) is 0 Å². The Morgan fingerprint density at radius 1 is 0.542 bits per heavy atom. The van der Waals surface area contributed by atoms with Crippen molar-refractivity contribution in [1.29, 1.82) is 0 Å². The molecule has 1 aromatic heterocycles. The van der Waals surface area contributed by atoms with Crippen LogP contribution in [0.2, 0.25) is 0 Å². The van der Waals surface area contributed by atoms with Gasteiger partial charge in [-0.25, -0.2) is 4.85 Å². The molecular formula is C45H30N2O. The van der Waals surface area contributed by atoms with Crippen molar-refractivity contribution < 1.29 is 4.74 Å². The first-order valence-corrected chi connectivity index (χ1v) is 16.2. The lowest BCUT2D eigenvalue weighted by Gasteiger charge is -2.41. The molecule has 226 valence electrons. The summed E-state index contributed by atoms with van der Waals surface area (Å²) in [5, 5.41) is 2.19. The molecule has 0 N–H and O–H groups in total. The highest BCUT2D eigenvalue weighted by atomic mass is 16.5. The van der Waals surface area contributed by atoms with Crippen molar-refractivity contribution in [1.82, 2.24) is 4.57 Å². The van der Waals surface area contributed by atoms with Gasteiger partial charge in [0.15, 0.2) is 5.69 Å². The first-order valence-electron chi connectivity index (χ1n) is 16.2. The molecule has 7 aromatic carbocycles. The Balaban J connectivity index is 1.31. The Bertz CT molecular complexity index is 2520. The van der Waals surface area contributed by atoms with Gasteiger partial charge in [-0.3, -0.25) is 0 Å². The number of nitrogens with zero attached hydrogens (tertiary/aromatic N) is 2. The van der Waals surface area contributed by atoms with Crippen molar-refractivity contribution in [3.63, 3.8) is 0 Å². The van der Waals surface area contributed by atoms with E-state index in [9.17, 15) is 0 Å². The fourth-order valence-electron chi connectivity index (χ4n) is 7.69. The van der Waals surface area contributed by atoms with E-state index in [1.165, 1.54) is 16.7 Å². The van der Waals surface area contributed by atoms with Crippen molar-refractivity contribution in [2.45, 2.75) is 12.3 Å². The zero-order valence-electron chi connectivity index (χ0n) is 26.4. The van der Waals surface area contributed by atoms with Gasteiger partial charge in [0.25, 0.3) is 0 Å². The maximum Gasteiger partial charge on any atom is 0.188 e.